The van der Waals surface area contributed by atoms with Crippen LogP contribution in [0.15, 0.2) is 58.8 Å². The van der Waals surface area contributed by atoms with Gasteiger partial charge in [0.15, 0.2) is 5.13 Å². The molecule has 0 aliphatic rings. The van der Waals surface area contributed by atoms with Gasteiger partial charge >= 0.3 is 0 Å². The fraction of sp³-hybridized carbons (Fsp3) is 0.167. The summed E-state index contributed by atoms with van der Waals surface area (Å²) in [6, 6.07) is 14.1. The molecule has 25 heavy (non-hydrogen) atoms. The average Bonchev–Trinajstić information content (AvgIpc) is 3.03. The zero-order chi connectivity index (χ0) is 18.0. The standard InChI is InChI=1S/C18H17ClN2O2S2/c1-12(2)13-3-5-14(6-4-13)17-11-24-18(20-17)21-25(22,23)16-9-7-15(19)8-10-16/h3-12H,1-2H3,(H,20,21). The van der Waals surface area contributed by atoms with Crippen LogP contribution in [0.2, 0.25) is 5.02 Å². The highest BCUT2D eigenvalue weighted by molar-refractivity contribution is 7.93. The second kappa shape index (κ2) is 7.15. The highest BCUT2D eigenvalue weighted by Gasteiger charge is 2.16. The van der Waals surface area contributed by atoms with Gasteiger partial charge in [0.2, 0.25) is 0 Å². The lowest BCUT2D eigenvalue weighted by molar-refractivity contribution is 0.601. The van der Waals surface area contributed by atoms with E-state index in [2.05, 4.69) is 35.7 Å². The van der Waals surface area contributed by atoms with Gasteiger partial charge in [0.25, 0.3) is 10.0 Å². The Kier molecular flexibility index (Phi) is 5.13. The number of aromatic nitrogens is 1. The van der Waals surface area contributed by atoms with Crippen molar-refractivity contribution in [3.8, 4) is 11.3 Å². The van der Waals surface area contributed by atoms with Crippen molar-refractivity contribution in [2.45, 2.75) is 24.7 Å². The predicted molar refractivity (Wildman–Crippen MR) is 104 cm³/mol. The first kappa shape index (κ1) is 17.9. The highest BCUT2D eigenvalue weighted by atomic mass is 35.5. The molecule has 0 aliphatic carbocycles. The quantitative estimate of drug-likeness (QED) is 0.633. The van der Waals surface area contributed by atoms with Crippen molar-refractivity contribution >= 4 is 38.1 Å². The summed E-state index contributed by atoms with van der Waals surface area (Å²) in [5.41, 5.74) is 2.95. The summed E-state index contributed by atoms with van der Waals surface area (Å²) in [6.07, 6.45) is 0. The number of sulfonamides is 1. The molecule has 0 aliphatic heterocycles. The summed E-state index contributed by atoms with van der Waals surface area (Å²) in [6.45, 7) is 4.28. The molecule has 2 aromatic carbocycles. The molecule has 1 aromatic heterocycles. The summed E-state index contributed by atoms with van der Waals surface area (Å²) in [7, 11) is -3.68. The maximum atomic E-state index is 12.4. The molecular weight excluding hydrogens is 376 g/mol. The Labute approximate surface area is 156 Å². The smallest absolute Gasteiger partial charge is 0.255 e. The van der Waals surface area contributed by atoms with Crippen molar-refractivity contribution in [2.24, 2.45) is 0 Å². The molecule has 0 radical (unpaired) electrons. The molecule has 0 unspecified atom stereocenters. The van der Waals surface area contributed by atoms with E-state index in [1.165, 1.54) is 29.0 Å². The Hall–Kier alpha value is -1.89. The SMILES string of the molecule is CC(C)c1ccc(-c2csc(NS(=O)(=O)c3ccc(Cl)cc3)n2)cc1. The zero-order valence-electron chi connectivity index (χ0n) is 13.7. The predicted octanol–water partition coefficient (Wildman–Crippen LogP) is 5.39. The van der Waals surface area contributed by atoms with Gasteiger partial charge in [-0.3, -0.25) is 4.72 Å². The van der Waals surface area contributed by atoms with Gasteiger partial charge in [-0.2, -0.15) is 0 Å². The summed E-state index contributed by atoms with van der Waals surface area (Å²) >= 11 is 7.05. The van der Waals surface area contributed by atoms with Crippen molar-refractivity contribution in [3.63, 3.8) is 0 Å². The van der Waals surface area contributed by atoms with Crippen LogP contribution in [0, 0.1) is 0 Å². The third-order valence-electron chi connectivity index (χ3n) is 3.72. The lowest BCUT2D eigenvalue weighted by Crippen LogP contribution is -2.12. The number of anilines is 1. The Morgan fingerprint density at radius 1 is 1.04 bits per heavy atom. The Bertz CT molecular complexity index is 963. The summed E-state index contributed by atoms with van der Waals surface area (Å²) < 4.78 is 27.3. The van der Waals surface area contributed by atoms with Gasteiger partial charge in [0, 0.05) is 16.0 Å². The summed E-state index contributed by atoms with van der Waals surface area (Å²) in [5, 5.41) is 2.66. The van der Waals surface area contributed by atoms with Crippen molar-refractivity contribution < 1.29 is 8.42 Å². The Balaban J connectivity index is 1.80. The molecule has 0 spiro atoms. The molecule has 0 amide bonds. The van der Waals surface area contributed by atoms with Gasteiger partial charge in [0.05, 0.1) is 10.6 Å². The van der Waals surface area contributed by atoms with Crippen LogP contribution < -0.4 is 4.72 Å². The van der Waals surface area contributed by atoms with Gasteiger partial charge in [-0.15, -0.1) is 11.3 Å². The van der Waals surface area contributed by atoms with E-state index in [0.717, 1.165) is 11.3 Å². The number of halogens is 1. The fourth-order valence-corrected chi connectivity index (χ4v) is 4.38. The zero-order valence-corrected chi connectivity index (χ0v) is 16.1. The van der Waals surface area contributed by atoms with E-state index in [4.69, 9.17) is 11.6 Å². The molecule has 0 saturated carbocycles. The molecule has 4 nitrogen and oxygen atoms in total. The van der Waals surface area contributed by atoms with Gasteiger partial charge < -0.3 is 0 Å². The van der Waals surface area contributed by atoms with Gasteiger partial charge in [-0.1, -0.05) is 49.7 Å². The van der Waals surface area contributed by atoms with Crippen LogP contribution >= 0.6 is 22.9 Å². The number of nitrogens with zero attached hydrogens (tertiary/aromatic N) is 1. The maximum Gasteiger partial charge on any atom is 0.263 e. The van der Waals surface area contributed by atoms with E-state index in [0.29, 0.717) is 16.1 Å². The Morgan fingerprint density at radius 2 is 1.68 bits per heavy atom. The van der Waals surface area contributed by atoms with Crippen molar-refractivity contribution in [2.75, 3.05) is 4.72 Å². The van der Waals surface area contributed by atoms with Crippen molar-refractivity contribution in [1.29, 1.82) is 0 Å². The van der Waals surface area contributed by atoms with Crippen molar-refractivity contribution in [3.05, 3.63) is 64.5 Å². The molecule has 0 saturated heterocycles. The van der Waals surface area contributed by atoms with E-state index >= 15 is 0 Å². The largest absolute Gasteiger partial charge is 0.263 e. The average molecular weight is 393 g/mol. The number of nitrogens with one attached hydrogen (secondary N) is 1. The van der Waals surface area contributed by atoms with Crippen LogP contribution in [0.4, 0.5) is 5.13 Å². The Morgan fingerprint density at radius 3 is 2.28 bits per heavy atom. The normalized spacial score (nSPS) is 11.7. The first-order valence-corrected chi connectivity index (χ1v) is 10.4. The number of hydrogen-bond donors (Lipinski definition) is 1. The molecular formula is C18H17ClN2O2S2. The minimum atomic E-state index is -3.68. The topological polar surface area (TPSA) is 59.1 Å². The van der Waals surface area contributed by atoms with E-state index in [1.807, 2.05) is 17.5 Å². The molecule has 0 atom stereocenters. The fourth-order valence-electron chi connectivity index (χ4n) is 2.28. The van der Waals surface area contributed by atoms with Gasteiger partial charge in [0.1, 0.15) is 0 Å². The van der Waals surface area contributed by atoms with Crippen LogP contribution in [-0.2, 0) is 10.0 Å². The lowest BCUT2D eigenvalue weighted by Gasteiger charge is -2.06. The molecule has 1 N–H and O–H groups in total. The monoisotopic (exact) mass is 392 g/mol. The lowest BCUT2D eigenvalue weighted by atomic mass is 10.0. The van der Waals surface area contributed by atoms with E-state index in [1.54, 1.807) is 12.1 Å². The third-order valence-corrected chi connectivity index (χ3v) is 6.22. The maximum absolute atomic E-state index is 12.4. The molecule has 130 valence electrons. The molecule has 3 aromatic rings. The van der Waals surface area contributed by atoms with E-state index in [9.17, 15) is 8.42 Å². The minimum absolute atomic E-state index is 0.148. The van der Waals surface area contributed by atoms with Crippen LogP contribution in [0.25, 0.3) is 11.3 Å². The second-order valence-electron chi connectivity index (χ2n) is 5.87. The van der Waals surface area contributed by atoms with Crippen LogP contribution in [0.3, 0.4) is 0 Å². The van der Waals surface area contributed by atoms with E-state index in [-0.39, 0.29) is 4.90 Å². The number of rotatable bonds is 5. The van der Waals surface area contributed by atoms with Crippen molar-refractivity contribution in [1.82, 2.24) is 4.98 Å². The van der Waals surface area contributed by atoms with E-state index < -0.39 is 10.0 Å². The van der Waals surface area contributed by atoms with Gasteiger partial charge in [-0.25, -0.2) is 13.4 Å². The number of hydrogen-bond acceptors (Lipinski definition) is 4. The van der Waals surface area contributed by atoms with Gasteiger partial charge in [-0.05, 0) is 35.7 Å². The first-order chi connectivity index (χ1) is 11.8. The number of thiazole rings is 1. The van der Waals surface area contributed by atoms with Crippen LogP contribution in [0.5, 0.6) is 0 Å². The molecule has 1 heterocycles. The molecule has 0 fully saturated rings. The molecule has 3 rings (SSSR count). The molecule has 7 heteroatoms. The highest BCUT2D eigenvalue weighted by Crippen LogP contribution is 2.28. The first-order valence-electron chi connectivity index (χ1n) is 7.69. The minimum Gasteiger partial charge on any atom is -0.255 e. The number of benzene rings is 2. The molecule has 0 bridgehead atoms. The van der Waals surface area contributed by atoms with Crippen LogP contribution in [-0.4, -0.2) is 13.4 Å². The van der Waals surface area contributed by atoms with Crippen LogP contribution in [0.1, 0.15) is 25.3 Å². The summed E-state index contributed by atoms with van der Waals surface area (Å²) in [5.74, 6) is 0.464. The second-order valence-corrected chi connectivity index (χ2v) is 8.85. The summed E-state index contributed by atoms with van der Waals surface area (Å²) in [4.78, 5) is 4.53. The third kappa shape index (κ3) is 4.21.